The third-order valence-electron chi connectivity index (χ3n) is 3.42. The highest BCUT2D eigenvalue weighted by Gasteiger charge is 2.07. The van der Waals surface area contributed by atoms with Crippen LogP contribution in [0.15, 0.2) is 49.1 Å². The summed E-state index contributed by atoms with van der Waals surface area (Å²) in [6, 6.07) is 9.99. The molecular weight excluding hydrogens is 293 g/mol. The molecule has 0 radical (unpaired) electrons. The van der Waals surface area contributed by atoms with E-state index in [0.29, 0.717) is 30.8 Å². The van der Waals surface area contributed by atoms with Crippen molar-refractivity contribution >= 4 is 17.4 Å². The summed E-state index contributed by atoms with van der Waals surface area (Å²) in [4.78, 5) is 16.0. The van der Waals surface area contributed by atoms with Crippen LogP contribution in [-0.4, -0.2) is 10.9 Å². The zero-order valence-corrected chi connectivity index (χ0v) is 12.9. The molecule has 0 aliphatic heterocycles. The largest absolute Gasteiger partial charge is 0.382 e. The predicted molar refractivity (Wildman–Crippen MR) is 90.5 cm³/mol. The second-order valence-electron chi connectivity index (χ2n) is 5.24. The lowest BCUT2D eigenvalue weighted by Crippen LogP contribution is -2.13. The number of amides is 1. The van der Waals surface area contributed by atoms with Gasteiger partial charge in [0.1, 0.15) is 11.6 Å². The van der Waals surface area contributed by atoms with Crippen LogP contribution in [0.2, 0.25) is 0 Å². The van der Waals surface area contributed by atoms with E-state index < -0.39 is 0 Å². The lowest BCUT2D eigenvalue weighted by atomic mass is 10.1. The van der Waals surface area contributed by atoms with Crippen LogP contribution < -0.4 is 11.1 Å². The van der Waals surface area contributed by atoms with Crippen LogP contribution in [0.25, 0.3) is 0 Å². The SMILES string of the molecule is C=CCCC(=O)Nc1ccc(CCc2ccc(F)cc2)nc1N. The number of hydrogen-bond donors (Lipinski definition) is 2. The molecule has 1 heterocycles. The third kappa shape index (κ3) is 5.21. The Morgan fingerprint density at radius 3 is 2.61 bits per heavy atom. The highest BCUT2D eigenvalue weighted by atomic mass is 19.1. The summed E-state index contributed by atoms with van der Waals surface area (Å²) >= 11 is 0. The molecule has 1 aromatic heterocycles. The lowest BCUT2D eigenvalue weighted by molar-refractivity contribution is -0.116. The van der Waals surface area contributed by atoms with Gasteiger partial charge in [-0.05, 0) is 49.1 Å². The minimum Gasteiger partial charge on any atom is -0.382 e. The van der Waals surface area contributed by atoms with E-state index >= 15 is 0 Å². The minimum atomic E-state index is -0.243. The van der Waals surface area contributed by atoms with Gasteiger partial charge < -0.3 is 11.1 Å². The maximum absolute atomic E-state index is 12.9. The number of benzene rings is 1. The zero-order chi connectivity index (χ0) is 16.7. The Labute approximate surface area is 135 Å². The third-order valence-corrected chi connectivity index (χ3v) is 3.42. The Morgan fingerprint density at radius 2 is 1.96 bits per heavy atom. The number of nitrogens with zero attached hydrogens (tertiary/aromatic N) is 1. The van der Waals surface area contributed by atoms with Gasteiger partial charge in [-0.25, -0.2) is 9.37 Å². The van der Waals surface area contributed by atoms with Crippen LogP contribution in [0.1, 0.15) is 24.1 Å². The van der Waals surface area contributed by atoms with Crippen LogP contribution >= 0.6 is 0 Å². The highest BCUT2D eigenvalue weighted by Crippen LogP contribution is 2.18. The Hall–Kier alpha value is -2.69. The van der Waals surface area contributed by atoms with E-state index in [1.54, 1.807) is 24.3 Å². The number of rotatable bonds is 7. The molecule has 1 aromatic carbocycles. The van der Waals surface area contributed by atoms with Crippen molar-refractivity contribution in [2.24, 2.45) is 0 Å². The van der Waals surface area contributed by atoms with E-state index in [1.807, 2.05) is 6.07 Å². The van der Waals surface area contributed by atoms with Gasteiger partial charge in [-0.1, -0.05) is 18.2 Å². The van der Waals surface area contributed by atoms with E-state index in [0.717, 1.165) is 17.7 Å². The van der Waals surface area contributed by atoms with Gasteiger partial charge in [-0.15, -0.1) is 6.58 Å². The van der Waals surface area contributed by atoms with Crippen molar-refractivity contribution in [1.29, 1.82) is 0 Å². The summed E-state index contributed by atoms with van der Waals surface area (Å²) in [6.07, 6.45) is 4.13. The maximum Gasteiger partial charge on any atom is 0.224 e. The molecule has 0 fully saturated rings. The van der Waals surface area contributed by atoms with Gasteiger partial charge in [0, 0.05) is 12.1 Å². The molecule has 0 aliphatic carbocycles. The van der Waals surface area contributed by atoms with Crippen molar-refractivity contribution in [3.63, 3.8) is 0 Å². The number of carbonyl (C=O) groups excluding carboxylic acids is 1. The van der Waals surface area contributed by atoms with Gasteiger partial charge in [0.05, 0.1) is 5.69 Å². The van der Waals surface area contributed by atoms with E-state index in [-0.39, 0.29) is 11.7 Å². The van der Waals surface area contributed by atoms with Crippen molar-refractivity contribution in [3.8, 4) is 0 Å². The fraction of sp³-hybridized carbons (Fsp3) is 0.222. The molecule has 120 valence electrons. The standard InChI is InChI=1S/C18H20FN3O/c1-2-3-4-17(23)22-16-12-11-15(21-18(16)20)10-7-13-5-8-14(19)9-6-13/h2,5-6,8-9,11-12H,1,3-4,7,10H2,(H2,20,21)(H,22,23). The van der Waals surface area contributed by atoms with E-state index in [4.69, 9.17) is 5.73 Å². The summed E-state index contributed by atoms with van der Waals surface area (Å²) in [6.45, 7) is 3.58. The van der Waals surface area contributed by atoms with Crippen molar-refractivity contribution < 1.29 is 9.18 Å². The zero-order valence-electron chi connectivity index (χ0n) is 12.9. The van der Waals surface area contributed by atoms with Crippen LogP contribution in [0.5, 0.6) is 0 Å². The number of aryl methyl sites for hydroxylation is 2. The molecule has 0 saturated heterocycles. The number of carbonyl (C=O) groups is 1. The fourth-order valence-corrected chi connectivity index (χ4v) is 2.13. The van der Waals surface area contributed by atoms with Crippen molar-refractivity contribution in [3.05, 3.63) is 66.1 Å². The molecule has 0 saturated carbocycles. The molecule has 2 aromatic rings. The number of anilines is 2. The smallest absolute Gasteiger partial charge is 0.224 e. The molecule has 23 heavy (non-hydrogen) atoms. The molecule has 1 amide bonds. The average molecular weight is 313 g/mol. The number of nitrogen functional groups attached to an aromatic ring is 1. The molecule has 3 N–H and O–H groups in total. The molecular formula is C18H20FN3O. The summed E-state index contributed by atoms with van der Waals surface area (Å²) in [7, 11) is 0. The van der Waals surface area contributed by atoms with Gasteiger partial charge in [0.15, 0.2) is 0 Å². The topological polar surface area (TPSA) is 68.0 Å². The molecule has 0 unspecified atom stereocenters. The Balaban J connectivity index is 1.94. The van der Waals surface area contributed by atoms with Crippen LogP contribution in [0, 0.1) is 5.82 Å². The van der Waals surface area contributed by atoms with Gasteiger partial charge in [-0.2, -0.15) is 0 Å². The van der Waals surface area contributed by atoms with Crippen LogP contribution in [0.4, 0.5) is 15.9 Å². The molecule has 0 spiro atoms. The van der Waals surface area contributed by atoms with E-state index in [1.165, 1.54) is 12.1 Å². The second-order valence-corrected chi connectivity index (χ2v) is 5.24. The number of nitrogens with one attached hydrogen (secondary N) is 1. The Morgan fingerprint density at radius 1 is 1.22 bits per heavy atom. The van der Waals surface area contributed by atoms with Crippen molar-refractivity contribution in [1.82, 2.24) is 4.98 Å². The number of pyridine rings is 1. The number of halogens is 1. The number of nitrogens with two attached hydrogens (primary N) is 1. The number of hydrogen-bond acceptors (Lipinski definition) is 3. The van der Waals surface area contributed by atoms with Gasteiger partial charge in [0.25, 0.3) is 0 Å². The highest BCUT2D eigenvalue weighted by molar-refractivity contribution is 5.93. The van der Waals surface area contributed by atoms with Crippen LogP contribution in [-0.2, 0) is 17.6 Å². The van der Waals surface area contributed by atoms with E-state index in [9.17, 15) is 9.18 Å². The van der Waals surface area contributed by atoms with Gasteiger partial charge in [0.2, 0.25) is 5.91 Å². The van der Waals surface area contributed by atoms with Crippen molar-refractivity contribution in [2.45, 2.75) is 25.7 Å². The molecule has 5 heteroatoms. The maximum atomic E-state index is 12.9. The fourth-order valence-electron chi connectivity index (χ4n) is 2.13. The van der Waals surface area contributed by atoms with Gasteiger partial charge in [-0.3, -0.25) is 4.79 Å². The average Bonchev–Trinajstić information content (AvgIpc) is 2.54. The predicted octanol–water partition coefficient (Wildman–Crippen LogP) is 3.49. The Bertz CT molecular complexity index is 683. The summed E-state index contributed by atoms with van der Waals surface area (Å²) in [5, 5.41) is 2.74. The lowest BCUT2D eigenvalue weighted by Gasteiger charge is -2.09. The summed E-state index contributed by atoms with van der Waals surface area (Å²) in [5.41, 5.74) is 8.27. The molecule has 0 bridgehead atoms. The first kappa shape index (κ1) is 16.7. The summed E-state index contributed by atoms with van der Waals surface area (Å²) in [5.74, 6) is -0.0568. The van der Waals surface area contributed by atoms with Crippen LogP contribution in [0.3, 0.4) is 0 Å². The normalized spacial score (nSPS) is 10.3. The second kappa shape index (κ2) is 8.08. The monoisotopic (exact) mass is 313 g/mol. The first-order valence-corrected chi connectivity index (χ1v) is 7.49. The first-order valence-electron chi connectivity index (χ1n) is 7.49. The molecule has 2 rings (SSSR count). The Kier molecular flexibility index (Phi) is 5.86. The molecule has 4 nitrogen and oxygen atoms in total. The number of aromatic nitrogens is 1. The molecule has 0 atom stereocenters. The van der Waals surface area contributed by atoms with Crippen molar-refractivity contribution in [2.75, 3.05) is 11.1 Å². The quantitative estimate of drug-likeness (QED) is 0.769. The molecule has 0 aliphatic rings. The van der Waals surface area contributed by atoms with Gasteiger partial charge >= 0.3 is 0 Å². The van der Waals surface area contributed by atoms with E-state index in [2.05, 4.69) is 16.9 Å². The first-order chi connectivity index (χ1) is 11.1. The number of allylic oxidation sites excluding steroid dienone is 1. The minimum absolute atomic E-state index is 0.113. The summed E-state index contributed by atoms with van der Waals surface area (Å²) < 4.78 is 12.9.